The number of nitrogens with zero attached hydrogens (tertiary/aromatic N) is 1. The molecule has 0 aromatic carbocycles. The molecule has 0 saturated carbocycles. The van der Waals surface area contributed by atoms with Gasteiger partial charge in [-0.25, -0.2) is 0 Å². The number of unbranched alkanes of at least 4 members (excludes halogenated alkanes) is 1. The van der Waals surface area contributed by atoms with Crippen LogP contribution < -0.4 is 5.32 Å². The summed E-state index contributed by atoms with van der Waals surface area (Å²) < 4.78 is 0. The van der Waals surface area contributed by atoms with E-state index >= 15 is 0 Å². The van der Waals surface area contributed by atoms with Gasteiger partial charge in [-0.2, -0.15) is 0 Å². The fourth-order valence-corrected chi connectivity index (χ4v) is 2.46. The van der Waals surface area contributed by atoms with Gasteiger partial charge in [-0.15, -0.1) is 0 Å². The van der Waals surface area contributed by atoms with Crippen LogP contribution in [0.4, 0.5) is 0 Å². The highest BCUT2D eigenvalue weighted by molar-refractivity contribution is 5.99. The Morgan fingerprint density at radius 1 is 1.33 bits per heavy atom. The van der Waals surface area contributed by atoms with Gasteiger partial charge >= 0.3 is 0 Å². The lowest BCUT2D eigenvalue weighted by atomic mass is 9.88. The lowest BCUT2D eigenvalue weighted by Crippen LogP contribution is -2.70. The molecule has 104 valence electrons. The van der Waals surface area contributed by atoms with Gasteiger partial charge in [0, 0.05) is 6.54 Å². The third-order valence-corrected chi connectivity index (χ3v) is 3.83. The molecule has 2 unspecified atom stereocenters. The Morgan fingerprint density at radius 2 is 1.94 bits per heavy atom. The SMILES string of the molecule is CCCCN1C(=O)C(C)(CC)NC(=O)C1C(C)C. The van der Waals surface area contributed by atoms with Crippen LogP contribution in [-0.4, -0.2) is 34.8 Å². The predicted molar refractivity (Wildman–Crippen MR) is 72.1 cm³/mol. The molecule has 1 heterocycles. The van der Waals surface area contributed by atoms with E-state index in [4.69, 9.17) is 0 Å². The lowest BCUT2D eigenvalue weighted by Gasteiger charge is -2.45. The Balaban J connectivity index is 3.01. The Bertz CT molecular complexity index is 328. The van der Waals surface area contributed by atoms with Crippen LogP contribution in [0.1, 0.15) is 53.9 Å². The van der Waals surface area contributed by atoms with Gasteiger partial charge in [0.25, 0.3) is 0 Å². The van der Waals surface area contributed by atoms with E-state index in [1.807, 2.05) is 27.7 Å². The van der Waals surface area contributed by atoms with E-state index in [1.54, 1.807) is 4.90 Å². The minimum absolute atomic E-state index is 0.00921. The molecule has 1 aliphatic heterocycles. The molecule has 0 bridgehead atoms. The highest BCUT2D eigenvalue weighted by Gasteiger charge is 2.47. The summed E-state index contributed by atoms with van der Waals surface area (Å²) in [4.78, 5) is 26.6. The van der Waals surface area contributed by atoms with Crippen molar-refractivity contribution in [2.45, 2.75) is 65.5 Å². The van der Waals surface area contributed by atoms with E-state index in [2.05, 4.69) is 12.2 Å². The van der Waals surface area contributed by atoms with Crippen molar-refractivity contribution in [3.05, 3.63) is 0 Å². The largest absolute Gasteiger partial charge is 0.340 e. The van der Waals surface area contributed by atoms with Crippen molar-refractivity contribution in [3.63, 3.8) is 0 Å². The summed E-state index contributed by atoms with van der Waals surface area (Å²) in [5, 5.41) is 2.90. The minimum Gasteiger partial charge on any atom is -0.340 e. The summed E-state index contributed by atoms with van der Waals surface area (Å²) in [6, 6.07) is -0.316. The zero-order valence-electron chi connectivity index (χ0n) is 12.2. The molecule has 1 aliphatic rings. The van der Waals surface area contributed by atoms with E-state index < -0.39 is 5.54 Å². The molecule has 1 fully saturated rings. The first kappa shape index (κ1) is 15.0. The zero-order chi connectivity index (χ0) is 13.9. The Labute approximate surface area is 110 Å². The normalized spacial score (nSPS) is 28.8. The molecule has 0 aromatic rings. The maximum atomic E-state index is 12.6. The van der Waals surface area contributed by atoms with Crippen LogP contribution in [0.15, 0.2) is 0 Å². The number of hydrogen-bond acceptors (Lipinski definition) is 2. The van der Waals surface area contributed by atoms with Crippen molar-refractivity contribution in [1.29, 1.82) is 0 Å². The Hall–Kier alpha value is -1.06. The maximum Gasteiger partial charge on any atom is 0.248 e. The number of carbonyl (C=O) groups is 2. The van der Waals surface area contributed by atoms with Gasteiger partial charge in [-0.3, -0.25) is 9.59 Å². The topological polar surface area (TPSA) is 49.4 Å². The van der Waals surface area contributed by atoms with Crippen LogP contribution >= 0.6 is 0 Å². The van der Waals surface area contributed by atoms with Crippen LogP contribution in [0.2, 0.25) is 0 Å². The molecule has 1 saturated heterocycles. The van der Waals surface area contributed by atoms with Gasteiger partial charge in [0.2, 0.25) is 11.8 Å². The van der Waals surface area contributed by atoms with Crippen LogP contribution in [0.3, 0.4) is 0 Å². The van der Waals surface area contributed by atoms with Gasteiger partial charge < -0.3 is 10.2 Å². The molecule has 1 N–H and O–H groups in total. The molecule has 0 spiro atoms. The smallest absolute Gasteiger partial charge is 0.248 e. The van der Waals surface area contributed by atoms with Crippen LogP contribution in [0.5, 0.6) is 0 Å². The molecule has 2 atom stereocenters. The summed E-state index contributed by atoms with van der Waals surface area (Å²) in [6.45, 7) is 10.5. The van der Waals surface area contributed by atoms with E-state index in [0.29, 0.717) is 13.0 Å². The summed E-state index contributed by atoms with van der Waals surface area (Å²) >= 11 is 0. The molecule has 1 rings (SSSR count). The van der Waals surface area contributed by atoms with Crippen LogP contribution in [0.25, 0.3) is 0 Å². The monoisotopic (exact) mass is 254 g/mol. The van der Waals surface area contributed by atoms with Crippen LogP contribution in [-0.2, 0) is 9.59 Å². The number of carbonyl (C=O) groups excluding carboxylic acids is 2. The Morgan fingerprint density at radius 3 is 2.39 bits per heavy atom. The molecular weight excluding hydrogens is 228 g/mol. The molecule has 4 nitrogen and oxygen atoms in total. The van der Waals surface area contributed by atoms with Gasteiger partial charge in [-0.05, 0) is 25.7 Å². The van der Waals surface area contributed by atoms with E-state index in [1.165, 1.54) is 0 Å². The number of piperazine rings is 1. The fourth-order valence-electron chi connectivity index (χ4n) is 2.46. The Kier molecular flexibility index (Phi) is 4.77. The number of nitrogens with one attached hydrogen (secondary N) is 1. The summed E-state index contributed by atoms with van der Waals surface area (Å²) in [7, 11) is 0. The molecule has 4 heteroatoms. The number of amides is 2. The van der Waals surface area contributed by atoms with Crippen LogP contribution in [0, 0.1) is 5.92 Å². The third kappa shape index (κ3) is 2.68. The average Bonchev–Trinajstić information content (AvgIpc) is 2.31. The van der Waals surface area contributed by atoms with Crippen molar-refractivity contribution in [1.82, 2.24) is 10.2 Å². The zero-order valence-corrected chi connectivity index (χ0v) is 12.2. The van der Waals surface area contributed by atoms with Gasteiger partial charge in [0.05, 0.1) is 0 Å². The van der Waals surface area contributed by atoms with Gasteiger partial charge in [0.15, 0.2) is 0 Å². The first-order valence-corrected chi connectivity index (χ1v) is 7.00. The third-order valence-electron chi connectivity index (χ3n) is 3.83. The van der Waals surface area contributed by atoms with Crippen molar-refractivity contribution < 1.29 is 9.59 Å². The second-order valence-corrected chi connectivity index (χ2v) is 5.72. The van der Waals surface area contributed by atoms with Crippen molar-refractivity contribution in [3.8, 4) is 0 Å². The summed E-state index contributed by atoms with van der Waals surface area (Å²) in [5.41, 5.74) is -0.726. The maximum absolute atomic E-state index is 12.6. The highest BCUT2D eigenvalue weighted by atomic mass is 16.2. The molecule has 0 aromatic heterocycles. The number of hydrogen-bond donors (Lipinski definition) is 1. The fraction of sp³-hybridized carbons (Fsp3) is 0.857. The summed E-state index contributed by atoms with van der Waals surface area (Å²) in [6.07, 6.45) is 2.60. The predicted octanol–water partition coefficient (Wildman–Crippen LogP) is 1.94. The molecular formula is C14H26N2O2. The summed E-state index contributed by atoms with van der Waals surface area (Å²) in [5.74, 6) is 0.203. The first-order valence-electron chi connectivity index (χ1n) is 7.00. The van der Waals surface area contributed by atoms with Gasteiger partial charge in [0.1, 0.15) is 11.6 Å². The van der Waals surface area contributed by atoms with E-state index in [9.17, 15) is 9.59 Å². The highest BCUT2D eigenvalue weighted by Crippen LogP contribution is 2.25. The average molecular weight is 254 g/mol. The van der Waals surface area contributed by atoms with E-state index in [-0.39, 0.29) is 23.8 Å². The molecule has 2 amide bonds. The van der Waals surface area contributed by atoms with Crippen molar-refractivity contribution in [2.75, 3.05) is 6.54 Å². The first-order chi connectivity index (χ1) is 8.37. The molecule has 0 aliphatic carbocycles. The molecule has 0 radical (unpaired) electrons. The van der Waals surface area contributed by atoms with Gasteiger partial charge in [-0.1, -0.05) is 34.1 Å². The second kappa shape index (κ2) is 5.72. The molecule has 18 heavy (non-hydrogen) atoms. The van der Waals surface area contributed by atoms with Crippen molar-refractivity contribution >= 4 is 11.8 Å². The standard InChI is InChI=1S/C14H26N2O2/c1-6-8-9-16-11(10(3)4)12(17)15-14(5,7-2)13(16)18/h10-11H,6-9H2,1-5H3,(H,15,17). The second-order valence-electron chi connectivity index (χ2n) is 5.72. The quantitative estimate of drug-likeness (QED) is 0.815. The van der Waals surface area contributed by atoms with E-state index in [0.717, 1.165) is 12.8 Å². The minimum atomic E-state index is -0.726. The lowest BCUT2D eigenvalue weighted by molar-refractivity contribution is -0.156. The van der Waals surface area contributed by atoms with Crippen molar-refractivity contribution in [2.24, 2.45) is 5.92 Å². The number of rotatable bonds is 5.